The third-order valence-electron chi connectivity index (χ3n) is 5.20. The summed E-state index contributed by atoms with van der Waals surface area (Å²) in [5, 5.41) is 8.51. The van der Waals surface area contributed by atoms with E-state index in [-0.39, 0.29) is 0 Å². The van der Waals surface area contributed by atoms with E-state index in [0.717, 1.165) is 39.1 Å². The number of ether oxygens (including phenoxy) is 1. The molecule has 1 heterocycles. The summed E-state index contributed by atoms with van der Waals surface area (Å²) in [6.45, 7) is 9.71. The zero-order valence-electron chi connectivity index (χ0n) is 18.8. The van der Waals surface area contributed by atoms with Crippen LogP contribution in [0.15, 0.2) is 12.2 Å². The average molecular weight is 398 g/mol. The van der Waals surface area contributed by atoms with Gasteiger partial charge in [0.15, 0.2) is 0 Å². The maximum atomic E-state index is 10.3. The Bertz CT molecular complexity index is 352. The third-order valence-corrected chi connectivity index (χ3v) is 5.20. The van der Waals surface area contributed by atoms with Crippen LogP contribution in [0.5, 0.6) is 0 Å². The fourth-order valence-electron chi connectivity index (χ4n) is 3.26. The molecule has 166 valence electrons. The number of hydrogen-bond acceptors (Lipinski definition) is 3. The Morgan fingerprint density at radius 3 is 1.79 bits per heavy atom. The van der Waals surface area contributed by atoms with Crippen LogP contribution in [-0.4, -0.2) is 48.8 Å². The molecule has 0 saturated carbocycles. The molecule has 28 heavy (non-hydrogen) atoms. The predicted molar refractivity (Wildman–Crippen MR) is 120 cm³/mol. The van der Waals surface area contributed by atoms with E-state index in [0.29, 0.717) is 6.42 Å². The molecule has 0 unspecified atom stereocenters. The molecule has 4 heteroatoms. The van der Waals surface area contributed by atoms with Crippen LogP contribution in [0.3, 0.4) is 0 Å². The number of morpholine rings is 1. The van der Waals surface area contributed by atoms with Gasteiger partial charge in [-0.25, -0.2) is 0 Å². The van der Waals surface area contributed by atoms with E-state index in [1.165, 1.54) is 77.2 Å². The van der Waals surface area contributed by atoms with Crippen molar-refractivity contribution < 1.29 is 14.6 Å². The fourth-order valence-corrected chi connectivity index (χ4v) is 3.26. The SMILES string of the molecule is CCCCCCCC/C=C\CCCCCCCC(=O)O.CCN1CCOCC1. The molecule has 0 atom stereocenters. The van der Waals surface area contributed by atoms with Crippen molar-refractivity contribution in [3.63, 3.8) is 0 Å². The number of allylic oxidation sites excluding steroid dienone is 2. The largest absolute Gasteiger partial charge is 0.481 e. The van der Waals surface area contributed by atoms with Crippen LogP contribution < -0.4 is 0 Å². The molecule has 1 saturated heterocycles. The lowest BCUT2D eigenvalue weighted by molar-refractivity contribution is -0.137. The second-order valence-electron chi connectivity index (χ2n) is 7.77. The van der Waals surface area contributed by atoms with Gasteiger partial charge in [-0.2, -0.15) is 0 Å². The van der Waals surface area contributed by atoms with Gasteiger partial charge < -0.3 is 9.84 Å². The Morgan fingerprint density at radius 1 is 0.821 bits per heavy atom. The maximum absolute atomic E-state index is 10.3. The van der Waals surface area contributed by atoms with Gasteiger partial charge in [0.1, 0.15) is 0 Å². The summed E-state index contributed by atoms with van der Waals surface area (Å²) in [5.74, 6) is -0.664. The molecule has 4 nitrogen and oxygen atoms in total. The number of unbranched alkanes of at least 4 members (excludes halogenated alkanes) is 11. The van der Waals surface area contributed by atoms with Gasteiger partial charge in [-0.05, 0) is 38.6 Å². The van der Waals surface area contributed by atoms with Gasteiger partial charge in [0.05, 0.1) is 13.2 Å². The van der Waals surface area contributed by atoms with E-state index in [9.17, 15) is 4.79 Å². The van der Waals surface area contributed by atoms with Gasteiger partial charge in [-0.1, -0.05) is 77.4 Å². The van der Waals surface area contributed by atoms with Crippen molar-refractivity contribution in [2.45, 2.75) is 104 Å². The summed E-state index contributed by atoms with van der Waals surface area (Å²) in [6.07, 6.45) is 21.2. The Kier molecular flexibility index (Phi) is 21.7. The minimum Gasteiger partial charge on any atom is -0.481 e. The number of nitrogens with zero attached hydrogens (tertiary/aromatic N) is 1. The Balaban J connectivity index is 0.000000749. The molecule has 0 amide bonds. The van der Waals surface area contributed by atoms with Gasteiger partial charge in [-0.3, -0.25) is 9.69 Å². The van der Waals surface area contributed by atoms with Crippen molar-refractivity contribution >= 4 is 5.97 Å². The van der Waals surface area contributed by atoms with Crippen LogP contribution >= 0.6 is 0 Å². The van der Waals surface area contributed by atoms with Crippen molar-refractivity contribution in [2.24, 2.45) is 0 Å². The predicted octanol–water partition coefficient (Wildman–Crippen LogP) is 6.45. The summed E-state index contributed by atoms with van der Waals surface area (Å²) in [6, 6.07) is 0. The molecule has 0 aromatic carbocycles. The second kappa shape index (κ2) is 22.4. The van der Waals surface area contributed by atoms with E-state index in [1.54, 1.807) is 0 Å². The Morgan fingerprint density at radius 2 is 1.32 bits per heavy atom. The van der Waals surface area contributed by atoms with Crippen LogP contribution in [0.1, 0.15) is 104 Å². The Labute approximate surface area is 174 Å². The first-order chi connectivity index (χ1) is 13.7. The molecule has 0 aliphatic carbocycles. The quantitative estimate of drug-likeness (QED) is 0.240. The van der Waals surface area contributed by atoms with Crippen molar-refractivity contribution in [1.29, 1.82) is 0 Å². The smallest absolute Gasteiger partial charge is 0.303 e. The van der Waals surface area contributed by atoms with Crippen LogP contribution in [0, 0.1) is 0 Å². The summed E-state index contributed by atoms with van der Waals surface area (Å²) in [4.78, 5) is 12.7. The normalized spacial score (nSPS) is 14.8. The number of carboxylic acids is 1. The monoisotopic (exact) mass is 397 g/mol. The van der Waals surface area contributed by atoms with E-state index in [2.05, 4.69) is 30.9 Å². The van der Waals surface area contributed by atoms with Gasteiger partial charge in [0.25, 0.3) is 0 Å². The first-order valence-corrected chi connectivity index (χ1v) is 11.9. The molecule has 0 radical (unpaired) electrons. The summed E-state index contributed by atoms with van der Waals surface area (Å²) < 4.78 is 5.16. The summed E-state index contributed by atoms with van der Waals surface area (Å²) in [7, 11) is 0. The molecule has 0 aromatic rings. The molecule has 0 aromatic heterocycles. The molecule has 1 fully saturated rings. The van der Waals surface area contributed by atoms with E-state index < -0.39 is 5.97 Å². The topological polar surface area (TPSA) is 49.8 Å². The highest BCUT2D eigenvalue weighted by atomic mass is 16.5. The highest BCUT2D eigenvalue weighted by Gasteiger charge is 2.05. The Hall–Kier alpha value is -0.870. The second-order valence-corrected chi connectivity index (χ2v) is 7.77. The molecule has 1 aliphatic rings. The van der Waals surface area contributed by atoms with Gasteiger partial charge in [0, 0.05) is 19.5 Å². The lowest BCUT2D eigenvalue weighted by Crippen LogP contribution is -2.35. The van der Waals surface area contributed by atoms with Gasteiger partial charge in [0.2, 0.25) is 0 Å². The maximum Gasteiger partial charge on any atom is 0.303 e. The van der Waals surface area contributed by atoms with Crippen LogP contribution in [0.4, 0.5) is 0 Å². The van der Waals surface area contributed by atoms with Crippen LogP contribution in [0.25, 0.3) is 0 Å². The average Bonchev–Trinajstić information content (AvgIpc) is 2.72. The molecular formula is C24H47NO3. The van der Waals surface area contributed by atoms with Crippen LogP contribution in [0.2, 0.25) is 0 Å². The van der Waals surface area contributed by atoms with Gasteiger partial charge >= 0.3 is 5.97 Å². The minimum atomic E-state index is -0.664. The van der Waals surface area contributed by atoms with E-state index >= 15 is 0 Å². The molecule has 1 N–H and O–H groups in total. The number of carbonyl (C=O) groups is 1. The van der Waals surface area contributed by atoms with Crippen molar-refractivity contribution in [3.8, 4) is 0 Å². The van der Waals surface area contributed by atoms with Gasteiger partial charge in [-0.15, -0.1) is 0 Å². The third kappa shape index (κ3) is 21.4. The number of hydrogen-bond donors (Lipinski definition) is 1. The molecule has 0 spiro atoms. The van der Waals surface area contributed by atoms with E-state index in [1.807, 2.05) is 0 Å². The molecule has 1 aliphatic heterocycles. The van der Waals surface area contributed by atoms with Crippen molar-refractivity contribution in [2.75, 3.05) is 32.8 Å². The van der Waals surface area contributed by atoms with Crippen molar-refractivity contribution in [1.82, 2.24) is 4.90 Å². The molecule has 0 bridgehead atoms. The highest BCUT2D eigenvalue weighted by Crippen LogP contribution is 2.09. The summed E-state index contributed by atoms with van der Waals surface area (Å²) in [5.41, 5.74) is 0. The lowest BCUT2D eigenvalue weighted by Gasteiger charge is -2.24. The standard InChI is InChI=1S/C18H34O2.C6H13NO/c1-2-3-4-5-6-7-8-9-10-11-12-13-14-15-16-17-18(19)20;1-2-7-3-5-8-6-4-7/h9-10H,2-8,11-17H2,1H3,(H,19,20);2-6H2,1H3/b10-9-;. The number of carboxylic acid groups (broad SMARTS) is 1. The first kappa shape index (κ1) is 27.1. The van der Waals surface area contributed by atoms with Crippen molar-refractivity contribution in [3.05, 3.63) is 12.2 Å². The number of likely N-dealkylation sites (N-methyl/N-ethyl adjacent to an activating group) is 1. The zero-order valence-corrected chi connectivity index (χ0v) is 18.8. The van der Waals surface area contributed by atoms with Crippen LogP contribution in [-0.2, 0) is 9.53 Å². The molecular weight excluding hydrogens is 350 g/mol. The number of aliphatic carboxylic acids is 1. The highest BCUT2D eigenvalue weighted by molar-refractivity contribution is 5.66. The molecule has 1 rings (SSSR count). The minimum absolute atomic E-state index is 0.332. The first-order valence-electron chi connectivity index (χ1n) is 11.9. The fraction of sp³-hybridized carbons (Fsp3) is 0.875. The number of rotatable bonds is 16. The zero-order chi connectivity index (χ0) is 20.7. The summed E-state index contributed by atoms with van der Waals surface area (Å²) >= 11 is 0. The lowest BCUT2D eigenvalue weighted by atomic mass is 10.1. The van der Waals surface area contributed by atoms with E-state index in [4.69, 9.17) is 9.84 Å².